The minimum Gasteiger partial charge on any atom is -0.313 e. The average molecular weight is 274 g/mol. The van der Waals surface area contributed by atoms with Gasteiger partial charge in [-0.1, -0.05) is 0 Å². The van der Waals surface area contributed by atoms with E-state index in [0.717, 1.165) is 32.0 Å². The van der Waals surface area contributed by atoms with E-state index in [2.05, 4.69) is 10.2 Å². The Hall–Kier alpha value is -0.130. The van der Waals surface area contributed by atoms with Crippen molar-refractivity contribution in [1.82, 2.24) is 10.2 Å². The summed E-state index contributed by atoms with van der Waals surface area (Å²) in [5, 5.41) is 3.53. The Bertz CT molecular complexity index is 346. The first-order chi connectivity index (χ1) is 8.53. The topological polar surface area (TPSA) is 49.4 Å². The molecule has 0 spiro atoms. The monoisotopic (exact) mass is 274 g/mol. The Labute approximate surface area is 111 Å². The standard InChI is InChI=1S/C13H26N2O2S/c1-18(16,17)9-3-8-15(10-12-5-6-12)11-13-4-2-7-14-13/h12-14H,2-11H2,1H3. The van der Waals surface area contributed by atoms with Crippen LogP contribution in [-0.4, -0.2) is 57.5 Å². The van der Waals surface area contributed by atoms with Crippen LogP contribution >= 0.6 is 0 Å². The minimum atomic E-state index is -2.80. The number of sulfone groups is 1. The highest BCUT2D eigenvalue weighted by Gasteiger charge is 2.26. The van der Waals surface area contributed by atoms with E-state index in [-0.39, 0.29) is 0 Å². The molecule has 4 nitrogen and oxygen atoms in total. The van der Waals surface area contributed by atoms with Crippen LogP contribution in [0.1, 0.15) is 32.1 Å². The summed E-state index contributed by atoms with van der Waals surface area (Å²) in [6, 6.07) is 0.627. The molecule has 1 aliphatic heterocycles. The first-order valence-corrected chi connectivity index (χ1v) is 9.22. The van der Waals surface area contributed by atoms with Gasteiger partial charge in [0.1, 0.15) is 9.84 Å². The molecule has 2 fully saturated rings. The van der Waals surface area contributed by atoms with Crippen molar-refractivity contribution in [2.75, 3.05) is 38.2 Å². The highest BCUT2D eigenvalue weighted by atomic mass is 32.2. The maximum Gasteiger partial charge on any atom is 0.147 e. The highest BCUT2D eigenvalue weighted by Crippen LogP contribution is 2.30. The lowest BCUT2D eigenvalue weighted by atomic mass is 10.2. The van der Waals surface area contributed by atoms with Gasteiger partial charge in [-0.2, -0.15) is 0 Å². The van der Waals surface area contributed by atoms with Gasteiger partial charge in [-0.15, -0.1) is 0 Å². The van der Waals surface area contributed by atoms with E-state index in [0.29, 0.717) is 11.8 Å². The van der Waals surface area contributed by atoms with E-state index in [1.54, 1.807) is 0 Å². The van der Waals surface area contributed by atoms with Crippen molar-refractivity contribution in [3.63, 3.8) is 0 Å². The smallest absolute Gasteiger partial charge is 0.147 e. The van der Waals surface area contributed by atoms with E-state index in [9.17, 15) is 8.42 Å². The van der Waals surface area contributed by atoms with Gasteiger partial charge in [-0.05, 0) is 51.1 Å². The zero-order chi connectivity index (χ0) is 13.0. The van der Waals surface area contributed by atoms with Gasteiger partial charge in [0.25, 0.3) is 0 Å². The van der Waals surface area contributed by atoms with E-state index >= 15 is 0 Å². The van der Waals surface area contributed by atoms with Crippen LogP contribution in [0.3, 0.4) is 0 Å². The molecule has 2 rings (SSSR count). The Morgan fingerprint density at radius 1 is 1.22 bits per heavy atom. The molecular formula is C13H26N2O2S. The van der Waals surface area contributed by atoms with Crippen LogP contribution in [0.5, 0.6) is 0 Å². The molecule has 5 heteroatoms. The van der Waals surface area contributed by atoms with Crippen molar-refractivity contribution in [2.45, 2.75) is 38.1 Å². The fourth-order valence-electron chi connectivity index (χ4n) is 2.70. The molecule has 106 valence electrons. The molecule has 0 aromatic heterocycles. The molecule has 1 saturated carbocycles. The second-order valence-corrected chi connectivity index (χ2v) is 8.24. The number of nitrogens with zero attached hydrogens (tertiary/aromatic N) is 1. The van der Waals surface area contributed by atoms with Gasteiger partial charge in [-0.25, -0.2) is 8.42 Å². The van der Waals surface area contributed by atoms with Crippen molar-refractivity contribution >= 4 is 9.84 Å². The molecule has 0 aromatic rings. The molecule has 0 bridgehead atoms. The predicted molar refractivity (Wildman–Crippen MR) is 74.5 cm³/mol. The third kappa shape index (κ3) is 5.67. The van der Waals surface area contributed by atoms with E-state index in [4.69, 9.17) is 0 Å². The molecule has 1 atom stereocenters. The van der Waals surface area contributed by atoms with E-state index in [1.807, 2.05) is 0 Å². The molecule has 1 N–H and O–H groups in total. The van der Waals surface area contributed by atoms with Crippen LogP contribution in [0.25, 0.3) is 0 Å². The third-order valence-corrected chi connectivity index (χ3v) is 4.87. The molecule has 18 heavy (non-hydrogen) atoms. The molecule has 1 saturated heterocycles. The normalized spacial score (nSPS) is 24.9. The second kappa shape index (κ2) is 6.35. The second-order valence-electron chi connectivity index (χ2n) is 5.98. The SMILES string of the molecule is CS(=O)(=O)CCCN(CC1CC1)CC1CCCN1. The van der Waals surface area contributed by atoms with Gasteiger partial charge >= 0.3 is 0 Å². The van der Waals surface area contributed by atoms with Crippen LogP contribution in [0.15, 0.2) is 0 Å². The first kappa shape index (κ1) is 14.3. The Balaban J connectivity index is 1.72. The average Bonchev–Trinajstić information content (AvgIpc) is 2.91. The Kier molecular flexibility index (Phi) is 5.04. The molecule has 0 amide bonds. The van der Waals surface area contributed by atoms with Crippen molar-refractivity contribution in [2.24, 2.45) is 5.92 Å². The van der Waals surface area contributed by atoms with Crippen molar-refractivity contribution in [1.29, 1.82) is 0 Å². The lowest BCUT2D eigenvalue weighted by Crippen LogP contribution is -2.39. The maximum absolute atomic E-state index is 11.2. The van der Waals surface area contributed by atoms with Crippen LogP contribution in [-0.2, 0) is 9.84 Å². The van der Waals surface area contributed by atoms with Crippen molar-refractivity contribution in [3.8, 4) is 0 Å². The Morgan fingerprint density at radius 3 is 2.56 bits per heavy atom. The number of hydrogen-bond acceptors (Lipinski definition) is 4. The van der Waals surface area contributed by atoms with Gasteiger partial charge in [-0.3, -0.25) is 0 Å². The first-order valence-electron chi connectivity index (χ1n) is 7.16. The molecule has 2 aliphatic rings. The third-order valence-electron chi connectivity index (χ3n) is 3.84. The van der Waals surface area contributed by atoms with Gasteiger partial charge in [0.2, 0.25) is 0 Å². The van der Waals surface area contributed by atoms with E-state index < -0.39 is 9.84 Å². The summed E-state index contributed by atoms with van der Waals surface area (Å²) < 4.78 is 22.3. The van der Waals surface area contributed by atoms with Gasteiger partial charge < -0.3 is 10.2 Å². The summed E-state index contributed by atoms with van der Waals surface area (Å²) in [7, 11) is -2.80. The van der Waals surface area contributed by atoms with Gasteiger partial charge in [0.15, 0.2) is 0 Å². The zero-order valence-electron chi connectivity index (χ0n) is 11.4. The summed E-state index contributed by atoms with van der Waals surface area (Å²) in [5.41, 5.74) is 0. The lowest BCUT2D eigenvalue weighted by Gasteiger charge is -2.25. The summed E-state index contributed by atoms with van der Waals surface area (Å²) in [6.07, 6.45) is 7.38. The van der Waals surface area contributed by atoms with Crippen LogP contribution in [0.4, 0.5) is 0 Å². The minimum absolute atomic E-state index is 0.326. The lowest BCUT2D eigenvalue weighted by molar-refractivity contribution is 0.240. The number of hydrogen-bond donors (Lipinski definition) is 1. The van der Waals surface area contributed by atoms with Crippen LogP contribution < -0.4 is 5.32 Å². The molecular weight excluding hydrogens is 248 g/mol. The van der Waals surface area contributed by atoms with Crippen molar-refractivity contribution < 1.29 is 8.42 Å². The van der Waals surface area contributed by atoms with E-state index in [1.165, 1.54) is 38.5 Å². The van der Waals surface area contributed by atoms with Crippen LogP contribution in [0.2, 0.25) is 0 Å². The summed E-state index contributed by atoms with van der Waals surface area (Å²) in [5.74, 6) is 1.20. The highest BCUT2D eigenvalue weighted by molar-refractivity contribution is 7.90. The quantitative estimate of drug-likeness (QED) is 0.714. The van der Waals surface area contributed by atoms with Gasteiger partial charge in [0, 0.05) is 25.4 Å². The largest absolute Gasteiger partial charge is 0.313 e. The number of rotatable bonds is 8. The fraction of sp³-hybridized carbons (Fsp3) is 1.00. The summed E-state index contributed by atoms with van der Waals surface area (Å²) >= 11 is 0. The molecule has 0 radical (unpaired) electrons. The van der Waals surface area contributed by atoms with Crippen LogP contribution in [0, 0.1) is 5.92 Å². The molecule has 1 heterocycles. The maximum atomic E-state index is 11.2. The Morgan fingerprint density at radius 2 is 2.00 bits per heavy atom. The predicted octanol–water partition coefficient (Wildman–Crippen LogP) is 0.885. The van der Waals surface area contributed by atoms with Gasteiger partial charge in [0.05, 0.1) is 5.75 Å². The summed E-state index contributed by atoms with van der Waals surface area (Å²) in [6.45, 7) is 4.34. The zero-order valence-corrected chi connectivity index (χ0v) is 12.2. The number of nitrogens with one attached hydrogen (secondary N) is 1. The van der Waals surface area contributed by atoms with Crippen molar-refractivity contribution in [3.05, 3.63) is 0 Å². The fourth-order valence-corrected chi connectivity index (χ4v) is 3.35. The molecule has 1 unspecified atom stereocenters. The molecule has 1 aliphatic carbocycles. The summed E-state index contributed by atoms with van der Waals surface area (Å²) in [4.78, 5) is 2.48. The molecule has 0 aromatic carbocycles.